The number of benzene rings is 11. The van der Waals surface area contributed by atoms with Gasteiger partial charge in [-0.05, 0) is 117 Å². The van der Waals surface area contributed by atoms with E-state index in [1.807, 2.05) is 24.3 Å². The van der Waals surface area contributed by atoms with Crippen LogP contribution in [0.1, 0.15) is 0 Å². The number of rotatable bonds is 6. The summed E-state index contributed by atoms with van der Waals surface area (Å²) in [5.41, 5.74) is 17.2. The Morgan fingerprint density at radius 1 is 0.235 bits per heavy atom. The van der Waals surface area contributed by atoms with Gasteiger partial charge < -0.3 is 9.13 Å². The molecular formula is C64H40N4. The van der Waals surface area contributed by atoms with Crippen molar-refractivity contribution in [2.75, 3.05) is 0 Å². The average molecular weight is 865 g/mol. The van der Waals surface area contributed by atoms with Gasteiger partial charge in [-0.15, -0.1) is 0 Å². The minimum absolute atomic E-state index is 0.861. The van der Waals surface area contributed by atoms with Crippen LogP contribution in [0.2, 0.25) is 0 Å². The number of aromatic nitrogens is 4. The molecule has 14 aromatic rings. The van der Waals surface area contributed by atoms with E-state index in [4.69, 9.17) is 9.97 Å². The molecule has 68 heavy (non-hydrogen) atoms. The third-order valence-corrected chi connectivity index (χ3v) is 13.9. The largest absolute Gasteiger partial charge is 0.309 e. The van der Waals surface area contributed by atoms with Crippen LogP contribution in [-0.2, 0) is 0 Å². The second-order valence-corrected chi connectivity index (χ2v) is 17.8. The van der Waals surface area contributed by atoms with Gasteiger partial charge in [0, 0.05) is 44.0 Å². The molecule has 0 spiro atoms. The van der Waals surface area contributed by atoms with Gasteiger partial charge in [0.05, 0.1) is 44.5 Å². The van der Waals surface area contributed by atoms with E-state index in [9.17, 15) is 0 Å². The summed E-state index contributed by atoms with van der Waals surface area (Å²) in [6, 6.07) is 87.6. The molecule has 0 fully saturated rings. The molecule has 0 N–H and O–H groups in total. The predicted molar refractivity (Wildman–Crippen MR) is 285 cm³/mol. The highest BCUT2D eigenvalue weighted by molar-refractivity contribution is 6.12. The Kier molecular flexibility index (Phi) is 8.55. The molecule has 11 aromatic carbocycles. The van der Waals surface area contributed by atoms with E-state index in [1.54, 1.807) is 0 Å². The second-order valence-electron chi connectivity index (χ2n) is 17.8. The van der Waals surface area contributed by atoms with Crippen molar-refractivity contribution in [3.63, 3.8) is 0 Å². The first kappa shape index (κ1) is 38.2. The molecule has 3 aromatic heterocycles. The second kappa shape index (κ2) is 15.2. The lowest BCUT2D eigenvalue weighted by Gasteiger charge is -2.12. The molecule has 0 saturated carbocycles. The van der Waals surface area contributed by atoms with Crippen molar-refractivity contribution in [3.05, 3.63) is 243 Å². The van der Waals surface area contributed by atoms with E-state index < -0.39 is 0 Å². The van der Waals surface area contributed by atoms with Crippen LogP contribution in [0.3, 0.4) is 0 Å². The van der Waals surface area contributed by atoms with Gasteiger partial charge in [-0.1, -0.05) is 170 Å². The zero-order valence-corrected chi connectivity index (χ0v) is 36.9. The molecule has 4 nitrogen and oxygen atoms in total. The lowest BCUT2D eigenvalue weighted by Crippen LogP contribution is -1.96. The molecule has 0 amide bonds. The number of nitrogens with zero attached hydrogens (tertiary/aromatic N) is 4. The minimum atomic E-state index is 0.861. The number of fused-ring (bicyclic) bond motifs is 9. The van der Waals surface area contributed by atoms with Gasteiger partial charge in [-0.25, -0.2) is 9.97 Å². The molecule has 0 radical (unpaired) electrons. The van der Waals surface area contributed by atoms with Crippen LogP contribution >= 0.6 is 0 Å². The Morgan fingerprint density at radius 3 is 1.04 bits per heavy atom. The van der Waals surface area contributed by atoms with E-state index in [0.717, 1.165) is 56.0 Å². The Bertz CT molecular complexity index is 4030. The topological polar surface area (TPSA) is 35.6 Å². The smallest absolute Gasteiger partial charge is 0.0973 e. The van der Waals surface area contributed by atoms with Crippen molar-refractivity contribution >= 4 is 76.2 Å². The maximum absolute atomic E-state index is 5.27. The van der Waals surface area contributed by atoms with Crippen LogP contribution in [0, 0.1) is 0 Å². The summed E-state index contributed by atoms with van der Waals surface area (Å²) in [5, 5.41) is 9.88. The minimum Gasteiger partial charge on any atom is -0.309 e. The summed E-state index contributed by atoms with van der Waals surface area (Å²) in [4.78, 5) is 10.5. The molecule has 0 aliphatic heterocycles. The zero-order valence-electron chi connectivity index (χ0n) is 36.9. The fourth-order valence-corrected chi connectivity index (χ4v) is 10.5. The molecule has 0 saturated heterocycles. The standard InChI is InChI=1S/C64H40N4/c1-3-13-47-37-51(33-29-41(47)11-1)67-59-19-9-5-15-53(59)55-39-49(31-35-61(55)67)43-21-25-45(26-22-43)63-64(66-58-18-8-7-17-57(58)65-63)46-27-23-44(24-28-46)50-32-36-62-56(40-50)54-16-6-10-20-60(54)68(62)52-34-30-42-12-2-4-14-48(42)38-52/h1-40H. The van der Waals surface area contributed by atoms with E-state index in [0.29, 0.717) is 0 Å². The monoisotopic (exact) mass is 864 g/mol. The van der Waals surface area contributed by atoms with Crippen molar-refractivity contribution in [3.8, 4) is 56.1 Å². The molecule has 316 valence electrons. The lowest BCUT2D eigenvalue weighted by molar-refractivity contribution is 1.19. The van der Waals surface area contributed by atoms with Gasteiger partial charge in [0.1, 0.15) is 0 Å². The maximum Gasteiger partial charge on any atom is 0.0973 e. The van der Waals surface area contributed by atoms with Crippen LogP contribution in [0.5, 0.6) is 0 Å². The first-order valence-corrected chi connectivity index (χ1v) is 23.2. The highest BCUT2D eigenvalue weighted by atomic mass is 15.0. The fraction of sp³-hybridized carbons (Fsp3) is 0. The van der Waals surface area contributed by atoms with Crippen LogP contribution in [0.25, 0.3) is 132 Å². The quantitative estimate of drug-likeness (QED) is 0.167. The van der Waals surface area contributed by atoms with E-state index in [-0.39, 0.29) is 0 Å². The van der Waals surface area contributed by atoms with Crippen molar-refractivity contribution in [1.29, 1.82) is 0 Å². The van der Waals surface area contributed by atoms with Gasteiger partial charge in [0.2, 0.25) is 0 Å². The number of hydrogen-bond donors (Lipinski definition) is 0. The Balaban J connectivity index is 0.817. The Labute approximate surface area is 392 Å². The third kappa shape index (κ3) is 6.15. The molecule has 14 rings (SSSR count). The number of para-hydroxylation sites is 4. The van der Waals surface area contributed by atoms with Gasteiger partial charge in [-0.3, -0.25) is 0 Å². The Hall–Kier alpha value is -9.12. The molecule has 0 aliphatic carbocycles. The SMILES string of the molecule is c1ccc2cc(-n3c4ccccc4c4cc(-c5ccc(-c6nc7ccccc7nc6-c6ccc(-c7ccc8c(c7)c7ccccc7n8-c7ccc8ccccc8c7)cc6)cc5)ccc43)ccc2c1. The van der Waals surface area contributed by atoms with Crippen molar-refractivity contribution < 1.29 is 0 Å². The predicted octanol–water partition coefficient (Wildman–Crippen LogP) is 16.8. The summed E-state index contributed by atoms with van der Waals surface area (Å²) in [6.07, 6.45) is 0. The summed E-state index contributed by atoms with van der Waals surface area (Å²) in [6.45, 7) is 0. The number of hydrogen-bond acceptors (Lipinski definition) is 2. The average Bonchev–Trinajstić information content (AvgIpc) is 3.92. The van der Waals surface area contributed by atoms with Gasteiger partial charge in [0.25, 0.3) is 0 Å². The highest BCUT2D eigenvalue weighted by Crippen LogP contribution is 2.39. The molecule has 0 aliphatic rings. The van der Waals surface area contributed by atoms with E-state index in [1.165, 1.54) is 76.3 Å². The third-order valence-electron chi connectivity index (χ3n) is 13.9. The van der Waals surface area contributed by atoms with Crippen LogP contribution in [-0.4, -0.2) is 19.1 Å². The summed E-state index contributed by atoms with van der Waals surface area (Å²) < 4.78 is 4.78. The van der Waals surface area contributed by atoms with Crippen molar-refractivity contribution in [1.82, 2.24) is 19.1 Å². The molecule has 0 atom stereocenters. The van der Waals surface area contributed by atoms with E-state index >= 15 is 0 Å². The van der Waals surface area contributed by atoms with Crippen LogP contribution in [0.4, 0.5) is 0 Å². The van der Waals surface area contributed by atoms with Gasteiger partial charge in [-0.2, -0.15) is 0 Å². The summed E-state index contributed by atoms with van der Waals surface area (Å²) in [7, 11) is 0. The first-order chi connectivity index (χ1) is 33.7. The molecule has 3 heterocycles. The summed E-state index contributed by atoms with van der Waals surface area (Å²) in [5.74, 6) is 0. The Morgan fingerprint density at radius 2 is 0.588 bits per heavy atom. The molecule has 4 heteroatoms. The zero-order chi connectivity index (χ0) is 44.7. The highest BCUT2D eigenvalue weighted by Gasteiger charge is 2.18. The van der Waals surface area contributed by atoms with Gasteiger partial charge in [0.15, 0.2) is 0 Å². The fourth-order valence-electron chi connectivity index (χ4n) is 10.5. The first-order valence-electron chi connectivity index (χ1n) is 23.2. The van der Waals surface area contributed by atoms with Crippen LogP contribution < -0.4 is 0 Å². The van der Waals surface area contributed by atoms with E-state index in [2.05, 4.69) is 228 Å². The normalized spacial score (nSPS) is 11.8. The van der Waals surface area contributed by atoms with Crippen molar-refractivity contribution in [2.45, 2.75) is 0 Å². The molecule has 0 unspecified atom stereocenters. The molecular weight excluding hydrogens is 825 g/mol. The maximum atomic E-state index is 5.27. The lowest BCUT2D eigenvalue weighted by atomic mass is 9.97. The van der Waals surface area contributed by atoms with Gasteiger partial charge >= 0.3 is 0 Å². The molecule has 0 bridgehead atoms. The van der Waals surface area contributed by atoms with Crippen LogP contribution in [0.15, 0.2) is 243 Å². The van der Waals surface area contributed by atoms with Crippen molar-refractivity contribution in [2.24, 2.45) is 0 Å². The summed E-state index contributed by atoms with van der Waals surface area (Å²) >= 11 is 0.